The van der Waals surface area contributed by atoms with E-state index in [4.69, 9.17) is 0 Å². The van der Waals surface area contributed by atoms with Gasteiger partial charge in [-0.05, 0) is 49.2 Å². The molecule has 0 saturated carbocycles. The molecule has 32 heavy (non-hydrogen) atoms. The Morgan fingerprint density at radius 2 is 1.53 bits per heavy atom. The van der Waals surface area contributed by atoms with Crippen LogP contribution in [0.15, 0.2) is 78.0 Å². The maximum atomic E-state index is 4.63. The van der Waals surface area contributed by atoms with Crippen molar-refractivity contribution in [2.24, 2.45) is 4.99 Å². The zero-order valence-electron chi connectivity index (χ0n) is 18.5. The fourth-order valence-corrected chi connectivity index (χ4v) is 3.61. The molecule has 2 N–H and O–H groups in total. The molecule has 0 amide bonds. The highest BCUT2D eigenvalue weighted by atomic mass is 127. The summed E-state index contributed by atoms with van der Waals surface area (Å²) in [5.74, 6) is 0.735. The number of nitrogens with zero attached hydrogens (tertiary/aromatic N) is 5. The summed E-state index contributed by atoms with van der Waals surface area (Å²) in [7, 11) is 1.78. The van der Waals surface area contributed by atoms with Gasteiger partial charge in [0.2, 0.25) is 0 Å². The summed E-state index contributed by atoms with van der Waals surface area (Å²) in [5.41, 5.74) is 6.52. The molecule has 8 heteroatoms. The van der Waals surface area contributed by atoms with Crippen LogP contribution in [-0.4, -0.2) is 32.6 Å². The number of halogens is 1. The van der Waals surface area contributed by atoms with Crippen LogP contribution in [0, 0.1) is 13.8 Å². The van der Waals surface area contributed by atoms with Gasteiger partial charge in [-0.15, -0.1) is 24.0 Å². The van der Waals surface area contributed by atoms with Crippen LogP contribution in [0.2, 0.25) is 0 Å². The highest BCUT2D eigenvalue weighted by Gasteiger charge is 2.10. The van der Waals surface area contributed by atoms with Crippen LogP contribution in [-0.2, 0) is 13.1 Å². The third kappa shape index (κ3) is 5.37. The number of guanidine groups is 1. The van der Waals surface area contributed by atoms with Crippen LogP contribution in [0.3, 0.4) is 0 Å². The Morgan fingerprint density at radius 3 is 2.09 bits per heavy atom. The van der Waals surface area contributed by atoms with Gasteiger partial charge in [-0.2, -0.15) is 10.2 Å². The van der Waals surface area contributed by atoms with Crippen LogP contribution in [0.25, 0.3) is 11.4 Å². The Bertz CT molecular complexity index is 1180. The molecule has 0 aliphatic heterocycles. The number of rotatable bonds is 6. The molecule has 0 atom stereocenters. The van der Waals surface area contributed by atoms with E-state index < -0.39 is 0 Å². The van der Waals surface area contributed by atoms with Crippen molar-refractivity contribution in [1.82, 2.24) is 30.2 Å². The van der Waals surface area contributed by atoms with Gasteiger partial charge >= 0.3 is 0 Å². The Kier molecular flexibility index (Phi) is 8.04. The molecule has 2 aromatic carbocycles. The van der Waals surface area contributed by atoms with E-state index in [2.05, 4.69) is 63.1 Å². The third-order valence-corrected chi connectivity index (χ3v) is 5.09. The molecular formula is C24H28IN7. The van der Waals surface area contributed by atoms with Gasteiger partial charge in [-0.25, -0.2) is 9.36 Å². The van der Waals surface area contributed by atoms with E-state index in [-0.39, 0.29) is 24.0 Å². The number of benzene rings is 2. The van der Waals surface area contributed by atoms with Crippen molar-refractivity contribution in [1.29, 1.82) is 0 Å². The van der Waals surface area contributed by atoms with Crippen molar-refractivity contribution in [3.63, 3.8) is 0 Å². The van der Waals surface area contributed by atoms with Gasteiger partial charge < -0.3 is 10.6 Å². The number of nitrogens with one attached hydrogen (secondary N) is 2. The van der Waals surface area contributed by atoms with E-state index in [0.29, 0.717) is 13.1 Å². The molecule has 0 saturated heterocycles. The van der Waals surface area contributed by atoms with E-state index in [1.807, 2.05) is 52.8 Å². The second-order valence-corrected chi connectivity index (χ2v) is 7.33. The molecule has 0 aliphatic carbocycles. The highest BCUT2D eigenvalue weighted by Crippen LogP contribution is 2.17. The SMILES string of the molecule is CN=C(NCc1ccccc1-n1cccn1)NCc1ccccc1-n1nc(C)cc1C.I. The van der Waals surface area contributed by atoms with Crippen molar-refractivity contribution >= 4 is 29.9 Å². The molecule has 0 unspecified atom stereocenters. The topological polar surface area (TPSA) is 72.1 Å². The molecule has 0 bridgehead atoms. The van der Waals surface area contributed by atoms with Crippen molar-refractivity contribution < 1.29 is 0 Å². The second-order valence-electron chi connectivity index (χ2n) is 7.33. The largest absolute Gasteiger partial charge is 0.352 e. The lowest BCUT2D eigenvalue weighted by atomic mass is 10.1. The zero-order valence-corrected chi connectivity index (χ0v) is 20.8. The van der Waals surface area contributed by atoms with Gasteiger partial charge in [0.25, 0.3) is 0 Å². The molecule has 4 aromatic rings. The maximum absolute atomic E-state index is 4.63. The first kappa shape index (κ1) is 23.5. The number of aromatic nitrogens is 4. The fraction of sp³-hybridized carbons (Fsp3) is 0.208. The molecule has 0 aliphatic rings. The summed E-state index contributed by atoms with van der Waals surface area (Å²) >= 11 is 0. The molecule has 0 fully saturated rings. The van der Waals surface area contributed by atoms with Crippen molar-refractivity contribution in [3.05, 3.63) is 95.6 Å². The smallest absolute Gasteiger partial charge is 0.191 e. The summed E-state index contributed by atoms with van der Waals surface area (Å²) in [4.78, 5) is 4.38. The average Bonchev–Trinajstić information content (AvgIpc) is 3.44. The van der Waals surface area contributed by atoms with Crippen molar-refractivity contribution in [3.8, 4) is 11.4 Å². The van der Waals surface area contributed by atoms with Gasteiger partial charge in [0.15, 0.2) is 5.96 Å². The average molecular weight is 541 g/mol. The minimum Gasteiger partial charge on any atom is -0.352 e. The number of hydrogen-bond donors (Lipinski definition) is 2. The Hall–Kier alpha value is -3.14. The quantitative estimate of drug-likeness (QED) is 0.219. The van der Waals surface area contributed by atoms with Crippen LogP contribution < -0.4 is 10.6 Å². The minimum atomic E-state index is 0. The molecule has 2 heterocycles. The maximum Gasteiger partial charge on any atom is 0.191 e. The summed E-state index contributed by atoms with van der Waals surface area (Å²) in [6.45, 7) is 5.35. The predicted molar refractivity (Wildman–Crippen MR) is 139 cm³/mol. The third-order valence-electron chi connectivity index (χ3n) is 5.09. The van der Waals surface area contributed by atoms with E-state index in [0.717, 1.165) is 39.8 Å². The number of hydrogen-bond acceptors (Lipinski definition) is 3. The standard InChI is InChI=1S/C24H27N7.HI/c1-18-15-19(2)31(29-18)23-12-7-5-10-21(23)17-27-24(25-3)26-16-20-9-4-6-11-22(20)30-14-8-13-28-30;/h4-15H,16-17H2,1-3H3,(H2,25,26,27);1H. The highest BCUT2D eigenvalue weighted by molar-refractivity contribution is 14.0. The molecule has 166 valence electrons. The van der Waals surface area contributed by atoms with E-state index in [1.165, 1.54) is 0 Å². The summed E-state index contributed by atoms with van der Waals surface area (Å²) < 4.78 is 3.86. The van der Waals surface area contributed by atoms with Crippen LogP contribution in [0.4, 0.5) is 0 Å². The summed E-state index contributed by atoms with van der Waals surface area (Å²) in [6.07, 6.45) is 3.73. The number of para-hydroxylation sites is 2. The van der Waals surface area contributed by atoms with E-state index in [9.17, 15) is 0 Å². The Morgan fingerprint density at radius 1 is 0.906 bits per heavy atom. The van der Waals surface area contributed by atoms with Crippen LogP contribution >= 0.6 is 24.0 Å². The van der Waals surface area contributed by atoms with Crippen molar-refractivity contribution in [2.45, 2.75) is 26.9 Å². The minimum absolute atomic E-state index is 0. The summed E-state index contributed by atoms with van der Waals surface area (Å²) in [6, 6.07) is 20.5. The molecule has 0 radical (unpaired) electrons. The normalized spacial score (nSPS) is 11.2. The van der Waals surface area contributed by atoms with Gasteiger partial charge in [-0.3, -0.25) is 4.99 Å². The zero-order chi connectivity index (χ0) is 21.6. The second kappa shape index (κ2) is 10.9. The van der Waals surface area contributed by atoms with E-state index >= 15 is 0 Å². The van der Waals surface area contributed by atoms with Crippen molar-refractivity contribution in [2.75, 3.05) is 7.05 Å². The lowest BCUT2D eigenvalue weighted by molar-refractivity contribution is 0.775. The van der Waals surface area contributed by atoms with Crippen LogP contribution in [0.5, 0.6) is 0 Å². The molecule has 2 aromatic heterocycles. The van der Waals surface area contributed by atoms with E-state index in [1.54, 1.807) is 13.2 Å². The molecule has 7 nitrogen and oxygen atoms in total. The first-order chi connectivity index (χ1) is 15.2. The Balaban J connectivity index is 0.00000289. The van der Waals surface area contributed by atoms with Crippen LogP contribution in [0.1, 0.15) is 22.5 Å². The fourth-order valence-electron chi connectivity index (χ4n) is 3.61. The number of aryl methyl sites for hydroxylation is 2. The summed E-state index contributed by atoms with van der Waals surface area (Å²) in [5, 5.41) is 15.8. The molecule has 4 rings (SSSR count). The van der Waals surface area contributed by atoms with Gasteiger partial charge in [0.05, 0.1) is 17.1 Å². The van der Waals surface area contributed by atoms with Gasteiger partial charge in [0, 0.05) is 38.2 Å². The van der Waals surface area contributed by atoms with Gasteiger partial charge in [-0.1, -0.05) is 36.4 Å². The monoisotopic (exact) mass is 541 g/mol. The molecule has 0 spiro atoms. The Labute approximate surface area is 205 Å². The number of aliphatic imine (C=N–C) groups is 1. The first-order valence-corrected chi connectivity index (χ1v) is 10.3. The lowest BCUT2D eigenvalue weighted by Gasteiger charge is -2.16. The van der Waals surface area contributed by atoms with Gasteiger partial charge in [0.1, 0.15) is 0 Å². The molecular weight excluding hydrogens is 513 g/mol. The first-order valence-electron chi connectivity index (χ1n) is 10.3. The lowest BCUT2D eigenvalue weighted by Crippen LogP contribution is -2.36. The predicted octanol–water partition coefficient (Wildman–Crippen LogP) is 4.16.